The summed E-state index contributed by atoms with van der Waals surface area (Å²) >= 11 is 0. The molecule has 0 aromatic carbocycles. The van der Waals surface area contributed by atoms with Crippen LogP contribution in [0.4, 0.5) is 0 Å². The van der Waals surface area contributed by atoms with Crippen LogP contribution in [-0.2, 0) is 4.79 Å². The normalized spacial score (nSPS) is 42.8. The molecule has 2 fully saturated rings. The Morgan fingerprint density at radius 2 is 2.17 bits per heavy atom. The number of nitrogens with zero attached hydrogens (tertiary/aromatic N) is 1. The third kappa shape index (κ3) is 1.97. The maximum absolute atomic E-state index is 11.7. The summed E-state index contributed by atoms with van der Waals surface area (Å²) in [4.78, 5) is 15.7. The number of rotatable bonds is 3. The summed E-state index contributed by atoms with van der Waals surface area (Å²) in [6, 6.07) is 0. The topological polar surface area (TPSA) is 108 Å². The molecule has 1 spiro atoms. The van der Waals surface area contributed by atoms with Gasteiger partial charge in [-0.05, 0) is 48.5 Å². The smallest absolute Gasteiger partial charge is 0.334 e. The van der Waals surface area contributed by atoms with Gasteiger partial charge in [0, 0.05) is 19.0 Å². The van der Waals surface area contributed by atoms with Gasteiger partial charge in [-0.25, -0.2) is 4.79 Å². The van der Waals surface area contributed by atoms with Gasteiger partial charge in [0.05, 0.1) is 11.7 Å². The first-order chi connectivity index (χ1) is 10.8. The van der Waals surface area contributed by atoms with Crippen LogP contribution in [0, 0.1) is 22.7 Å². The van der Waals surface area contributed by atoms with Crippen LogP contribution in [0.2, 0.25) is 0 Å². The van der Waals surface area contributed by atoms with Gasteiger partial charge < -0.3 is 21.3 Å². The van der Waals surface area contributed by atoms with E-state index in [1.54, 1.807) is 7.05 Å². The van der Waals surface area contributed by atoms with Crippen LogP contribution >= 0.6 is 0 Å². The highest BCUT2D eigenvalue weighted by molar-refractivity contribution is 5.90. The van der Waals surface area contributed by atoms with Crippen molar-refractivity contribution in [3.63, 3.8) is 0 Å². The number of hydrogen-bond donors (Lipinski definition) is 4. The highest BCUT2D eigenvalue weighted by Crippen LogP contribution is 2.72. The number of allylic oxidation sites excluding steroid dienone is 1. The highest BCUT2D eigenvalue weighted by Gasteiger charge is 2.68. The van der Waals surface area contributed by atoms with Gasteiger partial charge in [0.25, 0.3) is 0 Å². The maximum Gasteiger partial charge on any atom is 0.334 e. The van der Waals surface area contributed by atoms with Crippen LogP contribution in [0.1, 0.15) is 39.5 Å². The maximum atomic E-state index is 11.7. The Bertz CT molecular complexity index is 600. The fraction of sp³-hybridized carbons (Fsp3) is 0.765. The third-order valence-corrected chi connectivity index (χ3v) is 6.98. The molecule has 6 nitrogen and oxygen atoms in total. The van der Waals surface area contributed by atoms with E-state index in [1.807, 2.05) is 0 Å². The first-order valence-electron chi connectivity index (χ1n) is 8.39. The number of carboxylic acids is 1. The number of aliphatic imine (C=N–C) groups is 1. The molecule has 0 aliphatic heterocycles. The Hall–Kier alpha value is -1.56. The molecule has 5 atom stereocenters. The fourth-order valence-corrected chi connectivity index (χ4v) is 5.78. The molecule has 2 bridgehead atoms. The molecule has 0 saturated heterocycles. The second-order valence-corrected chi connectivity index (χ2v) is 7.65. The monoisotopic (exact) mass is 321 g/mol. The summed E-state index contributed by atoms with van der Waals surface area (Å²) in [6.45, 7) is 5.09. The van der Waals surface area contributed by atoms with Gasteiger partial charge in [-0.3, -0.25) is 4.99 Å². The van der Waals surface area contributed by atoms with Gasteiger partial charge >= 0.3 is 5.97 Å². The number of aliphatic carboxylic acids is 1. The summed E-state index contributed by atoms with van der Waals surface area (Å²) in [5.74, 6) is 0.221. The van der Waals surface area contributed by atoms with Crippen molar-refractivity contribution in [3.8, 4) is 0 Å². The van der Waals surface area contributed by atoms with Crippen LogP contribution in [0.5, 0.6) is 0 Å². The summed E-state index contributed by atoms with van der Waals surface area (Å²) < 4.78 is 0. The van der Waals surface area contributed by atoms with Crippen molar-refractivity contribution in [3.05, 3.63) is 11.1 Å². The molecule has 5 N–H and O–H groups in total. The van der Waals surface area contributed by atoms with E-state index in [4.69, 9.17) is 5.73 Å². The minimum Gasteiger partial charge on any atom is -0.478 e. The Morgan fingerprint density at radius 1 is 1.48 bits per heavy atom. The average Bonchev–Trinajstić information content (AvgIpc) is 2.85. The molecular weight excluding hydrogens is 294 g/mol. The number of aliphatic hydroxyl groups excluding tert-OH is 1. The Labute approximate surface area is 136 Å². The van der Waals surface area contributed by atoms with Crippen molar-refractivity contribution in [1.29, 1.82) is 0 Å². The Kier molecular flexibility index (Phi) is 3.71. The van der Waals surface area contributed by atoms with Gasteiger partial charge in [-0.2, -0.15) is 0 Å². The minimum atomic E-state index is -0.964. The number of nitrogens with one attached hydrogen (secondary N) is 1. The van der Waals surface area contributed by atoms with Crippen molar-refractivity contribution in [2.45, 2.75) is 45.6 Å². The zero-order chi connectivity index (χ0) is 17.0. The van der Waals surface area contributed by atoms with Gasteiger partial charge in [-0.15, -0.1) is 0 Å². The molecular formula is C17H27N3O3. The Balaban J connectivity index is 2.08. The molecule has 2 saturated carbocycles. The second-order valence-electron chi connectivity index (χ2n) is 7.65. The lowest BCUT2D eigenvalue weighted by atomic mass is 9.52. The molecule has 23 heavy (non-hydrogen) atoms. The molecule has 0 radical (unpaired) electrons. The summed E-state index contributed by atoms with van der Waals surface area (Å²) in [5.41, 5.74) is 6.70. The van der Waals surface area contributed by atoms with Crippen molar-refractivity contribution < 1.29 is 15.0 Å². The predicted octanol–water partition coefficient (Wildman–Crippen LogP) is 1.11. The molecule has 3 aliphatic rings. The molecule has 6 heteroatoms. The van der Waals surface area contributed by atoms with E-state index in [9.17, 15) is 15.0 Å². The number of carbonyl (C=O) groups is 1. The summed E-state index contributed by atoms with van der Waals surface area (Å²) in [6.07, 6.45) is 2.62. The number of aliphatic hydroxyl groups is 1. The summed E-state index contributed by atoms with van der Waals surface area (Å²) in [7, 11) is 1.65. The lowest BCUT2D eigenvalue weighted by molar-refractivity contribution is -0.133. The Morgan fingerprint density at radius 3 is 2.78 bits per heavy atom. The fourth-order valence-electron chi connectivity index (χ4n) is 5.78. The zero-order valence-electron chi connectivity index (χ0n) is 14.1. The number of fused-ring (bicyclic) bond motifs is 1. The van der Waals surface area contributed by atoms with Crippen molar-refractivity contribution in [2.24, 2.45) is 33.4 Å². The number of nitrogens with two attached hydrogens (primary N) is 1. The molecule has 3 rings (SSSR count). The van der Waals surface area contributed by atoms with Crippen LogP contribution in [0.15, 0.2) is 16.1 Å². The van der Waals surface area contributed by atoms with Crippen LogP contribution < -0.4 is 11.1 Å². The number of carboxylic acid groups (broad SMARTS) is 1. The largest absolute Gasteiger partial charge is 0.478 e. The van der Waals surface area contributed by atoms with Crippen LogP contribution in [0.3, 0.4) is 0 Å². The van der Waals surface area contributed by atoms with Gasteiger partial charge in [0.2, 0.25) is 0 Å². The van der Waals surface area contributed by atoms with Gasteiger partial charge in [-0.1, -0.05) is 13.8 Å². The van der Waals surface area contributed by atoms with E-state index in [1.165, 1.54) is 0 Å². The van der Waals surface area contributed by atoms with Gasteiger partial charge in [0.1, 0.15) is 0 Å². The lowest BCUT2D eigenvalue weighted by Gasteiger charge is -2.53. The first-order valence-corrected chi connectivity index (χ1v) is 8.39. The average molecular weight is 321 g/mol. The quantitative estimate of drug-likeness (QED) is 0.460. The van der Waals surface area contributed by atoms with Crippen molar-refractivity contribution in [2.75, 3.05) is 13.6 Å². The van der Waals surface area contributed by atoms with E-state index in [0.717, 1.165) is 24.8 Å². The molecule has 0 unspecified atom stereocenters. The van der Waals surface area contributed by atoms with Crippen LogP contribution in [-0.4, -0.2) is 41.8 Å². The molecule has 0 aromatic heterocycles. The SMILES string of the molecule is CN=C(N)NC[C@]1(C)[C@@H]2CC[C@@H](C)[C@]13C[C@H](O)C(C(=O)O)=C3C2. The molecule has 3 aliphatic carbocycles. The first kappa shape index (κ1) is 16.3. The molecule has 0 amide bonds. The third-order valence-electron chi connectivity index (χ3n) is 6.98. The van der Waals surface area contributed by atoms with Crippen molar-refractivity contribution in [1.82, 2.24) is 5.32 Å². The summed E-state index contributed by atoms with van der Waals surface area (Å²) in [5, 5.41) is 23.2. The van der Waals surface area contributed by atoms with Crippen molar-refractivity contribution >= 4 is 11.9 Å². The van der Waals surface area contributed by atoms with E-state index < -0.39 is 12.1 Å². The molecule has 0 aromatic rings. The van der Waals surface area contributed by atoms with E-state index in [0.29, 0.717) is 30.8 Å². The zero-order valence-corrected chi connectivity index (χ0v) is 14.1. The number of guanidine groups is 1. The van der Waals surface area contributed by atoms with E-state index in [2.05, 4.69) is 24.2 Å². The van der Waals surface area contributed by atoms with Gasteiger partial charge in [0.15, 0.2) is 5.96 Å². The second kappa shape index (κ2) is 5.23. The minimum absolute atomic E-state index is 0.118. The lowest BCUT2D eigenvalue weighted by Crippen LogP contribution is -2.54. The number of hydrogen-bond acceptors (Lipinski definition) is 3. The standard InChI is InChI=1S/C17H27N3O3/c1-9-4-5-10-6-11-13(14(22)23)12(21)7-17(9,11)16(10,2)8-20-15(18)19-3/h9-10,12,21H,4-8H2,1-3H3,(H,22,23)(H3,18,19,20)/t9-,10-,12+,16-,17+/m1/s1. The van der Waals surface area contributed by atoms with Crippen LogP contribution in [0.25, 0.3) is 0 Å². The predicted molar refractivity (Wildman–Crippen MR) is 87.9 cm³/mol. The van der Waals surface area contributed by atoms with E-state index >= 15 is 0 Å². The highest BCUT2D eigenvalue weighted by atomic mass is 16.4. The van der Waals surface area contributed by atoms with E-state index in [-0.39, 0.29) is 16.4 Å². The molecule has 0 heterocycles. The molecule has 128 valence electrons.